The number of hydrogen-bond acceptors (Lipinski definition) is 3. The minimum Gasteiger partial charge on any atom is -0.478 e. The van der Waals surface area contributed by atoms with E-state index < -0.39 is 5.97 Å². The summed E-state index contributed by atoms with van der Waals surface area (Å²) < 4.78 is 0. The first kappa shape index (κ1) is 13.5. The predicted octanol–water partition coefficient (Wildman–Crippen LogP) is 1.37. The molecule has 1 aromatic carbocycles. The van der Waals surface area contributed by atoms with E-state index in [1.165, 1.54) is 24.3 Å². The van der Waals surface area contributed by atoms with Crippen LogP contribution in [0, 0.1) is 0 Å². The van der Waals surface area contributed by atoms with E-state index in [-0.39, 0.29) is 24.1 Å². The first-order valence-electron chi connectivity index (χ1n) is 6.38. The van der Waals surface area contributed by atoms with Crippen molar-refractivity contribution < 1.29 is 19.8 Å². The topological polar surface area (TPSA) is 77.8 Å². The van der Waals surface area contributed by atoms with Crippen LogP contribution < -0.4 is 0 Å². The molecule has 1 fully saturated rings. The van der Waals surface area contributed by atoms with Crippen LogP contribution in [0.3, 0.4) is 0 Å². The van der Waals surface area contributed by atoms with Crippen molar-refractivity contribution in [3.05, 3.63) is 35.4 Å². The van der Waals surface area contributed by atoms with Crippen LogP contribution >= 0.6 is 0 Å². The predicted molar refractivity (Wildman–Crippen MR) is 69.2 cm³/mol. The Morgan fingerprint density at radius 1 is 1.16 bits per heavy atom. The molecule has 1 aliphatic heterocycles. The third-order valence-corrected chi connectivity index (χ3v) is 3.48. The van der Waals surface area contributed by atoms with Crippen LogP contribution in [0.15, 0.2) is 24.3 Å². The van der Waals surface area contributed by atoms with Gasteiger partial charge in [0.15, 0.2) is 0 Å². The second-order valence-corrected chi connectivity index (χ2v) is 4.71. The van der Waals surface area contributed by atoms with Gasteiger partial charge in [-0.1, -0.05) is 0 Å². The molecule has 19 heavy (non-hydrogen) atoms. The van der Waals surface area contributed by atoms with Crippen molar-refractivity contribution in [1.82, 2.24) is 4.90 Å². The van der Waals surface area contributed by atoms with Crippen molar-refractivity contribution in [2.75, 3.05) is 13.2 Å². The fraction of sp³-hybridized carbons (Fsp3) is 0.429. The third kappa shape index (κ3) is 2.93. The third-order valence-electron chi connectivity index (χ3n) is 3.48. The van der Waals surface area contributed by atoms with Gasteiger partial charge in [-0.2, -0.15) is 0 Å². The Labute approximate surface area is 111 Å². The Morgan fingerprint density at radius 3 is 2.37 bits per heavy atom. The lowest BCUT2D eigenvalue weighted by atomic mass is 10.0. The minimum absolute atomic E-state index is 0.0288. The Hall–Kier alpha value is -1.88. The van der Waals surface area contributed by atoms with Crippen LogP contribution in [0.25, 0.3) is 0 Å². The van der Waals surface area contributed by atoms with Crippen molar-refractivity contribution in [2.24, 2.45) is 0 Å². The highest BCUT2D eigenvalue weighted by Crippen LogP contribution is 2.19. The maximum absolute atomic E-state index is 12.3. The Bertz CT molecular complexity index is 469. The van der Waals surface area contributed by atoms with Gasteiger partial charge in [-0.25, -0.2) is 4.79 Å². The number of carboxylic acid groups (broad SMARTS) is 1. The normalized spacial score (nSPS) is 19.2. The quantitative estimate of drug-likeness (QED) is 0.863. The molecule has 1 aromatic rings. The molecule has 2 N–H and O–H groups in total. The molecule has 1 unspecified atom stereocenters. The average Bonchev–Trinajstić information content (AvgIpc) is 2.46. The van der Waals surface area contributed by atoms with Crippen molar-refractivity contribution >= 4 is 11.9 Å². The first-order chi connectivity index (χ1) is 9.13. The zero-order valence-electron chi connectivity index (χ0n) is 10.6. The van der Waals surface area contributed by atoms with Gasteiger partial charge in [0, 0.05) is 12.1 Å². The van der Waals surface area contributed by atoms with Gasteiger partial charge < -0.3 is 15.1 Å². The molecule has 0 aliphatic carbocycles. The van der Waals surface area contributed by atoms with Gasteiger partial charge in [-0.3, -0.25) is 4.79 Å². The molecule has 5 nitrogen and oxygen atoms in total. The highest BCUT2D eigenvalue weighted by atomic mass is 16.4. The van der Waals surface area contributed by atoms with Crippen LogP contribution in [-0.2, 0) is 0 Å². The average molecular weight is 263 g/mol. The second kappa shape index (κ2) is 5.84. The molecule has 2 rings (SSSR count). The summed E-state index contributed by atoms with van der Waals surface area (Å²) in [5.74, 6) is -1.15. The summed E-state index contributed by atoms with van der Waals surface area (Å²) in [7, 11) is 0. The lowest BCUT2D eigenvalue weighted by molar-refractivity contribution is 0.0502. The number of piperidine rings is 1. The van der Waals surface area contributed by atoms with E-state index in [2.05, 4.69) is 0 Å². The molecule has 1 heterocycles. The van der Waals surface area contributed by atoms with E-state index in [1.807, 2.05) is 0 Å². The van der Waals surface area contributed by atoms with Gasteiger partial charge in [0.05, 0.1) is 18.2 Å². The number of aliphatic hydroxyl groups excluding tert-OH is 1. The molecule has 0 saturated carbocycles. The van der Waals surface area contributed by atoms with Crippen LogP contribution in [0.1, 0.15) is 40.0 Å². The fourth-order valence-corrected chi connectivity index (χ4v) is 2.38. The monoisotopic (exact) mass is 263 g/mol. The van der Waals surface area contributed by atoms with Gasteiger partial charge in [0.2, 0.25) is 0 Å². The molecule has 5 heteroatoms. The molecule has 0 spiro atoms. The number of amides is 1. The highest BCUT2D eigenvalue weighted by Gasteiger charge is 2.26. The Kier molecular flexibility index (Phi) is 4.16. The summed E-state index contributed by atoms with van der Waals surface area (Å²) in [6.07, 6.45) is 2.78. The Balaban J connectivity index is 2.16. The number of carbonyl (C=O) groups excluding carboxylic acids is 1. The number of benzene rings is 1. The minimum atomic E-state index is -1.01. The van der Waals surface area contributed by atoms with E-state index >= 15 is 0 Å². The smallest absolute Gasteiger partial charge is 0.335 e. The number of aliphatic hydroxyl groups is 1. The van der Waals surface area contributed by atoms with E-state index in [0.29, 0.717) is 12.1 Å². The maximum Gasteiger partial charge on any atom is 0.335 e. The van der Waals surface area contributed by atoms with Gasteiger partial charge in [0.1, 0.15) is 0 Å². The standard InChI is InChI=1S/C14H17NO4/c16-9-12-3-1-2-8-15(12)13(17)10-4-6-11(7-5-10)14(18)19/h4-7,12,16H,1-3,8-9H2,(H,18,19). The zero-order chi connectivity index (χ0) is 13.8. The second-order valence-electron chi connectivity index (χ2n) is 4.71. The van der Waals surface area contributed by atoms with Crippen molar-refractivity contribution in [3.8, 4) is 0 Å². The molecular weight excluding hydrogens is 246 g/mol. The van der Waals surface area contributed by atoms with Gasteiger partial charge in [-0.05, 0) is 43.5 Å². The summed E-state index contributed by atoms with van der Waals surface area (Å²) in [5.41, 5.74) is 0.624. The largest absolute Gasteiger partial charge is 0.478 e. The number of rotatable bonds is 3. The lowest BCUT2D eigenvalue weighted by Crippen LogP contribution is -2.45. The summed E-state index contributed by atoms with van der Waals surface area (Å²) in [4.78, 5) is 24.8. The zero-order valence-corrected chi connectivity index (χ0v) is 10.6. The van der Waals surface area contributed by atoms with Crippen LogP contribution in [0.5, 0.6) is 0 Å². The summed E-state index contributed by atoms with van der Waals surface area (Å²) >= 11 is 0. The van der Waals surface area contributed by atoms with Crippen molar-refractivity contribution in [2.45, 2.75) is 25.3 Å². The summed E-state index contributed by atoms with van der Waals surface area (Å²) in [5, 5.41) is 18.1. The van der Waals surface area contributed by atoms with E-state index in [1.54, 1.807) is 4.90 Å². The number of aromatic carboxylic acids is 1. The molecular formula is C14H17NO4. The maximum atomic E-state index is 12.3. The van der Waals surface area contributed by atoms with Crippen LogP contribution in [0.2, 0.25) is 0 Å². The summed E-state index contributed by atoms with van der Waals surface area (Å²) in [6.45, 7) is 0.615. The molecule has 1 atom stereocenters. The van der Waals surface area contributed by atoms with E-state index in [0.717, 1.165) is 19.3 Å². The van der Waals surface area contributed by atoms with E-state index in [4.69, 9.17) is 5.11 Å². The first-order valence-corrected chi connectivity index (χ1v) is 6.38. The SMILES string of the molecule is O=C(O)c1ccc(C(=O)N2CCCCC2CO)cc1. The van der Waals surface area contributed by atoms with E-state index in [9.17, 15) is 14.7 Å². The van der Waals surface area contributed by atoms with Crippen molar-refractivity contribution in [1.29, 1.82) is 0 Å². The van der Waals surface area contributed by atoms with Crippen LogP contribution in [-0.4, -0.2) is 46.2 Å². The molecule has 0 bridgehead atoms. The van der Waals surface area contributed by atoms with Gasteiger partial charge in [-0.15, -0.1) is 0 Å². The fourth-order valence-electron chi connectivity index (χ4n) is 2.38. The van der Waals surface area contributed by atoms with Crippen LogP contribution in [0.4, 0.5) is 0 Å². The highest BCUT2D eigenvalue weighted by molar-refractivity contribution is 5.96. The number of hydrogen-bond donors (Lipinski definition) is 2. The molecule has 1 amide bonds. The Morgan fingerprint density at radius 2 is 1.79 bits per heavy atom. The molecule has 1 saturated heterocycles. The molecule has 0 radical (unpaired) electrons. The number of likely N-dealkylation sites (tertiary alicyclic amines) is 1. The van der Waals surface area contributed by atoms with Gasteiger partial charge in [0.25, 0.3) is 5.91 Å². The number of carbonyl (C=O) groups is 2. The van der Waals surface area contributed by atoms with Gasteiger partial charge >= 0.3 is 5.97 Å². The lowest BCUT2D eigenvalue weighted by Gasteiger charge is -2.34. The summed E-state index contributed by atoms with van der Waals surface area (Å²) in [6, 6.07) is 5.77. The molecule has 0 aromatic heterocycles. The molecule has 1 aliphatic rings. The number of carboxylic acids is 1. The van der Waals surface area contributed by atoms with Crippen molar-refractivity contribution in [3.63, 3.8) is 0 Å². The number of nitrogens with zero attached hydrogens (tertiary/aromatic N) is 1. The molecule has 102 valence electrons.